The van der Waals surface area contributed by atoms with Crippen LogP contribution in [-0.4, -0.2) is 24.2 Å². The fourth-order valence-corrected chi connectivity index (χ4v) is 4.35. The third-order valence-corrected chi connectivity index (χ3v) is 5.70. The fourth-order valence-electron chi connectivity index (χ4n) is 4.35. The number of benzene rings is 2. The molecule has 2 aromatic carbocycles. The van der Waals surface area contributed by atoms with Crippen LogP contribution in [0.25, 0.3) is 0 Å². The highest BCUT2D eigenvalue weighted by Gasteiger charge is 2.36. The summed E-state index contributed by atoms with van der Waals surface area (Å²) in [7, 11) is 0. The maximum Gasteiger partial charge on any atom is 0.240 e. The van der Waals surface area contributed by atoms with E-state index in [1.165, 1.54) is 6.21 Å². The maximum absolute atomic E-state index is 14.7. The first-order valence-corrected chi connectivity index (χ1v) is 10.3. The minimum absolute atomic E-state index is 0.00403. The summed E-state index contributed by atoms with van der Waals surface area (Å²) in [5.74, 6) is -0.179. The number of rotatable bonds is 6. The van der Waals surface area contributed by atoms with Crippen molar-refractivity contribution in [2.45, 2.75) is 58.4 Å². The van der Waals surface area contributed by atoms with Gasteiger partial charge in [0.2, 0.25) is 5.91 Å². The van der Waals surface area contributed by atoms with Crippen LogP contribution >= 0.6 is 0 Å². The Labute approximate surface area is 172 Å². The van der Waals surface area contributed by atoms with E-state index in [0.29, 0.717) is 24.3 Å². The number of hydrogen-bond acceptors (Lipinski definition) is 3. The van der Waals surface area contributed by atoms with Crippen molar-refractivity contribution in [3.63, 3.8) is 0 Å². The first-order chi connectivity index (χ1) is 13.8. The number of nitrogens with one attached hydrogen (secondary N) is 1. The van der Waals surface area contributed by atoms with Gasteiger partial charge in [0, 0.05) is 29.8 Å². The molecule has 0 spiro atoms. The number of nitrogens with zero attached hydrogens (tertiary/aromatic N) is 2. The van der Waals surface area contributed by atoms with Gasteiger partial charge in [0.15, 0.2) is 0 Å². The molecule has 154 valence electrons. The zero-order valence-electron chi connectivity index (χ0n) is 17.7. The van der Waals surface area contributed by atoms with Gasteiger partial charge in [-0.25, -0.2) is 9.82 Å². The lowest BCUT2D eigenvalue weighted by Crippen LogP contribution is -2.48. The van der Waals surface area contributed by atoms with Crippen molar-refractivity contribution in [1.82, 2.24) is 5.43 Å². The Morgan fingerprint density at radius 3 is 2.72 bits per heavy atom. The average molecular weight is 396 g/mol. The number of aryl methyl sites for hydroxylation is 1. The minimum Gasteiger partial charge on any atom is -0.366 e. The SMILES string of the molecule is CCN1c2cc(F)c(/C=N/NC(=O)CCc3ccccc3)cc2C(C)CC1(C)C. The van der Waals surface area contributed by atoms with E-state index in [1.54, 1.807) is 6.07 Å². The number of amides is 1. The number of carbonyl (C=O) groups is 1. The third kappa shape index (κ3) is 4.84. The van der Waals surface area contributed by atoms with Gasteiger partial charge in [0.25, 0.3) is 0 Å². The van der Waals surface area contributed by atoms with Crippen LogP contribution in [-0.2, 0) is 11.2 Å². The summed E-state index contributed by atoms with van der Waals surface area (Å²) in [4.78, 5) is 14.3. The van der Waals surface area contributed by atoms with Crippen LogP contribution in [0, 0.1) is 5.82 Å². The van der Waals surface area contributed by atoms with Gasteiger partial charge >= 0.3 is 0 Å². The minimum atomic E-state index is -0.325. The molecule has 1 aliphatic heterocycles. The first-order valence-electron chi connectivity index (χ1n) is 10.3. The molecule has 29 heavy (non-hydrogen) atoms. The molecule has 0 aliphatic carbocycles. The van der Waals surface area contributed by atoms with E-state index in [4.69, 9.17) is 0 Å². The number of carbonyl (C=O) groups excluding carboxylic acids is 1. The number of halogens is 1. The molecule has 0 bridgehead atoms. The molecule has 1 unspecified atom stereocenters. The molecule has 5 heteroatoms. The second kappa shape index (κ2) is 8.76. The molecule has 4 nitrogen and oxygen atoms in total. The first kappa shape index (κ1) is 21.0. The van der Waals surface area contributed by atoms with E-state index in [0.717, 1.165) is 29.8 Å². The summed E-state index contributed by atoms with van der Waals surface area (Å²) in [6.07, 6.45) is 3.40. The average Bonchev–Trinajstić information content (AvgIpc) is 2.68. The molecule has 1 N–H and O–H groups in total. The van der Waals surface area contributed by atoms with Crippen LogP contribution in [0.1, 0.15) is 63.1 Å². The lowest BCUT2D eigenvalue weighted by atomic mass is 9.79. The van der Waals surface area contributed by atoms with E-state index in [-0.39, 0.29) is 17.3 Å². The number of hydrogen-bond donors (Lipinski definition) is 1. The van der Waals surface area contributed by atoms with Crippen LogP contribution < -0.4 is 10.3 Å². The molecule has 2 aromatic rings. The Balaban J connectivity index is 1.69. The van der Waals surface area contributed by atoms with Crippen LogP contribution in [0.5, 0.6) is 0 Å². The summed E-state index contributed by atoms with van der Waals surface area (Å²) >= 11 is 0. The molecule has 1 atom stereocenters. The van der Waals surface area contributed by atoms with Crippen LogP contribution in [0.4, 0.5) is 10.1 Å². The second-order valence-corrected chi connectivity index (χ2v) is 8.37. The number of hydrazone groups is 1. The van der Waals surface area contributed by atoms with E-state index in [9.17, 15) is 9.18 Å². The van der Waals surface area contributed by atoms with Crippen molar-refractivity contribution in [3.05, 3.63) is 65.0 Å². The summed E-state index contributed by atoms with van der Waals surface area (Å²) in [5.41, 5.74) is 6.09. The molecule has 0 saturated heterocycles. The second-order valence-electron chi connectivity index (χ2n) is 8.37. The molecular weight excluding hydrogens is 365 g/mol. The van der Waals surface area contributed by atoms with Gasteiger partial charge in [-0.2, -0.15) is 5.10 Å². The molecule has 0 aromatic heterocycles. The molecule has 0 radical (unpaired) electrons. The Kier molecular flexibility index (Phi) is 6.36. The van der Waals surface area contributed by atoms with Gasteiger partial charge in [-0.15, -0.1) is 0 Å². The summed E-state index contributed by atoms with van der Waals surface area (Å²) in [6, 6.07) is 13.3. The van der Waals surface area contributed by atoms with Crippen molar-refractivity contribution in [3.8, 4) is 0 Å². The normalized spacial score (nSPS) is 18.0. The summed E-state index contributed by atoms with van der Waals surface area (Å²) < 4.78 is 14.7. The third-order valence-electron chi connectivity index (χ3n) is 5.70. The van der Waals surface area contributed by atoms with E-state index in [1.807, 2.05) is 36.4 Å². The Hall–Kier alpha value is -2.69. The smallest absolute Gasteiger partial charge is 0.240 e. The van der Waals surface area contributed by atoms with Crippen molar-refractivity contribution < 1.29 is 9.18 Å². The lowest BCUT2D eigenvalue weighted by Gasteiger charge is -2.47. The van der Waals surface area contributed by atoms with Gasteiger partial charge < -0.3 is 4.90 Å². The van der Waals surface area contributed by atoms with E-state index < -0.39 is 0 Å². The lowest BCUT2D eigenvalue weighted by molar-refractivity contribution is -0.121. The van der Waals surface area contributed by atoms with Gasteiger partial charge in [-0.05, 0) is 62.8 Å². The highest BCUT2D eigenvalue weighted by Crippen LogP contribution is 2.43. The number of anilines is 1. The Bertz CT molecular complexity index is 892. The highest BCUT2D eigenvalue weighted by molar-refractivity contribution is 5.84. The molecule has 3 rings (SSSR count). The molecule has 1 amide bonds. The van der Waals surface area contributed by atoms with Gasteiger partial charge in [-0.3, -0.25) is 4.79 Å². The number of fused-ring (bicyclic) bond motifs is 1. The predicted octanol–water partition coefficient (Wildman–Crippen LogP) is 5.02. The van der Waals surface area contributed by atoms with Gasteiger partial charge in [0.1, 0.15) is 5.82 Å². The van der Waals surface area contributed by atoms with Crippen LogP contribution in [0.3, 0.4) is 0 Å². The molecule has 1 heterocycles. The van der Waals surface area contributed by atoms with Crippen molar-refractivity contribution in [2.24, 2.45) is 5.10 Å². The van der Waals surface area contributed by atoms with Crippen molar-refractivity contribution >= 4 is 17.8 Å². The highest BCUT2D eigenvalue weighted by atomic mass is 19.1. The fraction of sp³-hybridized carbons (Fsp3) is 0.417. The zero-order valence-corrected chi connectivity index (χ0v) is 17.7. The molecule has 0 saturated carbocycles. The zero-order chi connectivity index (χ0) is 21.0. The van der Waals surface area contributed by atoms with E-state index in [2.05, 4.69) is 43.1 Å². The quantitative estimate of drug-likeness (QED) is 0.551. The molecule has 1 aliphatic rings. The molecular formula is C24H30FN3O. The topological polar surface area (TPSA) is 44.7 Å². The Morgan fingerprint density at radius 1 is 1.31 bits per heavy atom. The summed E-state index contributed by atoms with van der Waals surface area (Å²) in [6.45, 7) is 9.51. The predicted molar refractivity (Wildman–Crippen MR) is 117 cm³/mol. The van der Waals surface area contributed by atoms with Gasteiger partial charge in [0.05, 0.1) is 6.21 Å². The van der Waals surface area contributed by atoms with Crippen molar-refractivity contribution in [2.75, 3.05) is 11.4 Å². The standard InChI is InChI=1S/C24H30FN3O/c1-5-28-22-14-21(25)19(13-20(22)17(2)15-24(28,3)4)16-26-27-23(29)12-11-18-9-7-6-8-10-18/h6-10,13-14,16-17H,5,11-12,15H2,1-4H3,(H,27,29)/b26-16+. The van der Waals surface area contributed by atoms with E-state index >= 15 is 0 Å². The monoisotopic (exact) mass is 395 g/mol. The summed E-state index contributed by atoms with van der Waals surface area (Å²) in [5, 5.41) is 3.98. The maximum atomic E-state index is 14.7. The molecule has 0 fully saturated rings. The van der Waals surface area contributed by atoms with Crippen molar-refractivity contribution in [1.29, 1.82) is 0 Å². The van der Waals surface area contributed by atoms with Crippen LogP contribution in [0.2, 0.25) is 0 Å². The largest absolute Gasteiger partial charge is 0.366 e. The van der Waals surface area contributed by atoms with Crippen LogP contribution in [0.15, 0.2) is 47.6 Å². The van der Waals surface area contributed by atoms with Gasteiger partial charge in [-0.1, -0.05) is 37.3 Å². The Morgan fingerprint density at radius 2 is 2.03 bits per heavy atom.